The van der Waals surface area contributed by atoms with Gasteiger partial charge in [-0.3, -0.25) is 4.79 Å². The molecule has 0 aromatic carbocycles. The van der Waals surface area contributed by atoms with E-state index in [4.69, 9.17) is 0 Å². The van der Waals surface area contributed by atoms with Gasteiger partial charge in [-0.2, -0.15) is 0 Å². The Morgan fingerprint density at radius 1 is 1.40 bits per heavy atom. The SMILES string of the molecule is CNCC(C)C(=O)N1CC(C)CC(C)C1. The maximum atomic E-state index is 12.1. The third-order valence-electron chi connectivity index (χ3n) is 3.11. The number of hydrogen-bond donors (Lipinski definition) is 1. The van der Waals surface area contributed by atoms with Crippen molar-refractivity contribution in [2.75, 3.05) is 26.7 Å². The van der Waals surface area contributed by atoms with Gasteiger partial charge < -0.3 is 10.2 Å². The molecule has 0 saturated carbocycles. The second-order valence-electron chi connectivity index (χ2n) is 5.15. The molecule has 1 heterocycles. The third kappa shape index (κ3) is 3.49. The van der Waals surface area contributed by atoms with Crippen LogP contribution in [-0.4, -0.2) is 37.5 Å². The lowest BCUT2D eigenvalue weighted by Crippen LogP contribution is -2.46. The van der Waals surface area contributed by atoms with Crippen molar-refractivity contribution in [2.45, 2.75) is 27.2 Å². The average Bonchev–Trinajstić information content (AvgIpc) is 2.15. The van der Waals surface area contributed by atoms with Gasteiger partial charge in [0.2, 0.25) is 5.91 Å². The van der Waals surface area contributed by atoms with Crippen LogP contribution < -0.4 is 5.32 Å². The molecule has 0 aromatic rings. The van der Waals surface area contributed by atoms with E-state index in [2.05, 4.69) is 19.2 Å². The van der Waals surface area contributed by atoms with Crippen LogP contribution in [0.25, 0.3) is 0 Å². The fourth-order valence-electron chi connectivity index (χ4n) is 2.55. The topological polar surface area (TPSA) is 32.3 Å². The van der Waals surface area contributed by atoms with Gasteiger partial charge in [-0.15, -0.1) is 0 Å². The van der Waals surface area contributed by atoms with Crippen LogP contribution in [0.5, 0.6) is 0 Å². The normalized spacial score (nSPS) is 28.9. The average molecular weight is 212 g/mol. The Morgan fingerprint density at radius 3 is 2.40 bits per heavy atom. The zero-order valence-electron chi connectivity index (χ0n) is 10.4. The van der Waals surface area contributed by atoms with Crippen molar-refractivity contribution >= 4 is 5.91 Å². The highest BCUT2D eigenvalue weighted by Crippen LogP contribution is 2.22. The van der Waals surface area contributed by atoms with E-state index in [-0.39, 0.29) is 5.92 Å². The van der Waals surface area contributed by atoms with E-state index in [9.17, 15) is 4.79 Å². The summed E-state index contributed by atoms with van der Waals surface area (Å²) >= 11 is 0. The largest absolute Gasteiger partial charge is 0.342 e. The second kappa shape index (κ2) is 5.50. The molecule has 3 atom stereocenters. The van der Waals surface area contributed by atoms with E-state index in [0.29, 0.717) is 17.7 Å². The summed E-state index contributed by atoms with van der Waals surface area (Å²) in [6.07, 6.45) is 1.25. The standard InChI is InChI=1S/C12H24N2O/c1-9-5-10(2)8-14(7-9)12(15)11(3)6-13-4/h9-11,13H,5-8H2,1-4H3. The molecule has 0 aromatic heterocycles. The molecule has 1 aliphatic heterocycles. The molecule has 1 saturated heterocycles. The van der Waals surface area contributed by atoms with Gasteiger partial charge >= 0.3 is 0 Å². The van der Waals surface area contributed by atoms with Crippen molar-refractivity contribution in [1.82, 2.24) is 10.2 Å². The number of piperidine rings is 1. The van der Waals surface area contributed by atoms with Crippen LogP contribution in [0.15, 0.2) is 0 Å². The first kappa shape index (κ1) is 12.5. The molecule has 1 fully saturated rings. The summed E-state index contributed by atoms with van der Waals surface area (Å²) in [6.45, 7) is 9.13. The number of amides is 1. The maximum absolute atomic E-state index is 12.1. The lowest BCUT2D eigenvalue weighted by molar-refractivity contribution is -0.137. The highest BCUT2D eigenvalue weighted by molar-refractivity contribution is 5.78. The zero-order valence-corrected chi connectivity index (χ0v) is 10.4. The number of likely N-dealkylation sites (tertiary alicyclic amines) is 1. The number of carbonyl (C=O) groups excluding carboxylic acids is 1. The lowest BCUT2D eigenvalue weighted by atomic mass is 9.91. The summed E-state index contributed by atoms with van der Waals surface area (Å²) in [5, 5.41) is 3.06. The summed E-state index contributed by atoms with van der Waals surface area (Å²) in [5.41, 5.74) is 0. The third-order valence-corrected chi connectivity index (χ3v) is 3.11. The predicted molar refractivity (Wildman–Crippen MR) is 62.6 cm³/mol. The molecule has 1 N–H and O–H groups in total. The Labute approximate surface area is 93.2 Å². The van der Waals surface area contributed by atoms with Crippen molar-refractivity contribution in [1.29, 1.82) is 0 Å². The van der Waals surface area contributed by atoms with Crippen molar-refractivity contribution in [3.05, 3.63) is 0 Å². The lowest BCUT2D eigenvalue weighted by Gasteiger charge is -2.36. The van der Waals surface area contributed by atoms with E-state index < -0.39 is 0 Å². The van der Waals surface area contributed by atoms with Gasteiger partial charge in [0.05, 0.1) is 0 Å². The number of hydrogen-bond acceptors (Lipinski definition) is 2. The first-order chi connectivity index (χ1) is 7.04. The van der Waals surface area contributed by atoms with Crippen LogP contribution in [0.3, 0.4) is 0 Å². The molecule has 88 valence electrons. The van der Waals surface area contributed by atoms with Gasteiger partial charge in [-0.1, -0.05) is 20.8 Å². The minimum absolute atomic E-state index is 0.104. The first-order valence-electron chi connectivity index (χ1n) is 5.98. The molecule has 1 aliphatic rings. The van der Waals surface area contributed by atoms with E-state index in [1.165, 1.54) is 6.42 Å². The van der Waals surface area contributed by atoms with Gasteiger partial charge in [0.15, 0.2) is 0 Å². The van der Waals surface area contributed by atoms with Gasteiger partial charge in [-0.05, 0) is 25.3 Å². The van der Waals surface area contributed by atoms with Crippen LogP contribution >= 0.6 is 0 Å². The van der Waals surface area contributed by atoms with Crippen LogP contribution in [0, 0.1) is 17.8 Å². The van der Waals surface area contributed by atoms with E-state index in [1.807, 2.05) is 18.9 Å². The highest BCUT2D eigenvalue weighted by Gasteiger charge is 2.27. The van der Waals surface area contributed by atoms with Crippen molar-refractivity contribution in [3.63, 3.8) is 0 Å². The summed E-state index contributed by atoms with van der Waals surface area (Å²) in [6, 6.07) is 0. The van der Waals surface area contributed by atoms with Crippen molar-refractivity contribution in [3.8, 4) is 0 Å². The van der Waals surface area contributed by atoms with Gasteiger partial charge in [0, 0.05) is 25.6 Å². The number of carbonyl (C=O) groups is 1. The summed E-state index contributed by atoms with van der Waals surface area (Å²) in [7, 11) is 1.89. The smallest absolute Gasteiger partial charge is 0.226 e. The molecule has 0 radical (unpaired) electrons. The Kier molecular flexibility index (Phi) is 4.58. The number of nitrogens with one attached hydrogen (secondary N) is 1. The quantitative estimate of drug-likeness (QED) is 0.766. The Bertz CT molecular complexity index is 208. The molecule has 1 rings (SSSR count). The molecule has 0 aliphatic carbocycles. The summed E-state index contributed by atoms with van der Waals surface area (Å²) < 4.78 is 0. The number of nitrogens with zero attached hydrogens (tertiary/aromatic N) is 1. The molecule has 3 nitrogen and oxygen atoms in total. The number of rotatable bonds is 3. The molecule has 3 unspecified atom stereocenters. The Hall–Kier alpha value is -0.570. The van der Waals surface area contributed by atoms with Gasteiger partial charge in [-0.25, -0.2) is 0 Å². The van der Waals surface area contributed by atoms with E-state index in [0.717, 1.165) is 19.6 Å². The van der Waals surface area contributed by atoms with E-state index >= 15 is 0 Å². The first-order valence-corrected chi connectivity index (χ1v) is 5.98. The predicted octanol–water partition coefficient (Wildman–Crippen LogP) is 1.35. The van der Waals surface area contributed by atoms with Gasteiger partial charge in [0.25, 0.3) is 0 Å². The summed E-state index contributed by atoms with van der Waals surface area (Å²) in [4.78, 5) is 14.1. The van der Waals surface area contributed by atoms with Crippen LogP contribution in [-0.2, 0) is 4.79 Å². The Balaban J connectivity index is 2.51. The fourth-order valence-corrected chi connectivity index (χ4v) is 2.55. The van der Waals surface area contributed by atoms with Crippen LogP contribution in [0.4, 0.5) is 0 Å². The molecule has 15 heavy (non-hydrogen) atoms. The molecule has 3 heteroatoms. The van der Waals surface area contributed by atoms with Crippen molar-refractivity contribution < 1.29 is 4.79 Å². The molecular formula is C12H24N2O. The maximum Gasteiger partial charge on any atom is 0.226 e. The monoisotopic (exact) mass is 212 g/mol. The minimum atomic E-state index is 0.104. The van der Waals surface area contributed by atoms with E-state index in [1.54, 1.807) is 0 Å². The molecular weight excluding hydrogens is 188 g/mol. The molecule has 1 amide bonds. The molecule has 0 bridgehead atoms. The summed E-state index contributed by atoms with van der Waals surface area (Å²) in [5.74, 6) is 1.72. The second-order valence-corrected chi connectivity index (χ2v) is 5.15. The zero-order chi connectivity index (χ0) is 11.4. The van der Waals surface area contributed by atoms with Crippen LogP contribution in [0.2, 0.25) is 0 Å². The van der Waals surface area contributed by atoms with Crippen molar-refractivity contribution in [2.24, 2.45) is 17.8 Å². The minimum Gasteiger partial charge on any atom is -0.342 e. The fraction of sp³-hybridized carbons (Fsp3) is 0.917. The van der Waals surface area contributed by atoms with Crippen LogP contribution in [0.1, 0.15) is 27.2 Å². The highest BCUT2D eigenvalue weighted by atomic mass is 16.2. The molecule has 0 spiro atoms. The van der Waals surface area contributed by atoms with Gasteiger partial charge in [0.1, 0.15) is 0 Å². The Morgan fingerprint density at radius 2 is 1.93 bits per heavy atom.